The Hall–Kier alpha value is -1.85. The lowest BCUT2D eigenvalue weighted by Crippen LogP contribution is -2.23. The van der Waals surface area contributed by atoms with Crippen LogP contribution in [-0.4, -0.2) is 17.6 Å². The summed E-state index contributed by atoms with van der Waals surface area (Å²) in [7, 11) is 0. The van der Waals surface area contributed by atoms with E-state index < -0.39 is 11.6 Å². The molecule has 0 unspecified atom stereocenters. The van der Waals surface area contributed by atoms with Gasteiger partial charge in [-0.2, -0.15) is 0 Å². The number of nitrogens with one attached hydrogen (secondary N) is 1. The van der Waals surface area contributed by atoms with Gasteiger partial charge in [-0.3, -0.25) is 0 Å². The largest absolute Gasteiger partial charge is 0.409 e. The Bertz CT molecular complexity index is 354. The lowest BCUT2D eigenvalue weighted by atomic mass is 10.3. The number of rotatable bonds is 3. The highest BCUT2D eigenvalue weighted by molar-refractivity contribution is 5.84. The summed E-state index contributed by atoms with van der Waals surface area (Å²) < 4.78 is 25.6. The Balaban J connectivity index is 2.73. The molecule has 0 heterocycles. The zero-order chi connectivity index (χ0) is 10.6. The molecule has 4 N–H and O–H groups in total. The van der Waals surface area contributed by atoms with Crippen molar-refractivity contribution in [2.75, 3.05) is 11.9 Å². The smallest absolute Gasteiger partial charge is 0.181 e. The molecule has 0 saturated heterocycles. The van der Waals surface area contributed by atoms with Gasteiger partial charge >= 0.3 is 0 Å². The fourth-order valence-corrected chi connectivity index (χ4v) is 0.861. The molecule has 0 aromatic heterocycles. The van der Waals surface area contributed by atoms with E-state index in [1.165, 1.54) is 12.1 Å². The van der Waals surface area contributed by atoms with Crippen LogP contribution in [0.4, 0.5) is 14.5 Å². The third kappa shape index (κ3) is 2.32. The second-order valence-electron chi connectivity index (χ2n) is 2.55. The first-order valence-electron chi connectivity index (χ1n) is 3.79. The molecule has 0 amide bonds. The van der Waals surface area contributed by atoms with Crippen molar-refractivity contribution >= 4 is 11.5 Å². The normalized spacial score (nSPS) is 11.4. The summed E-state index contributed by atoms with van der Waals surface area (Å²) in [5.41, 5.74) is 5.10. The molecule has 0 aliphatic heterocycles. The Kier molecular flexibility index (Phi) is 3.22. The minimum atomic E-state index is -0.988. The quantitative estimate of drug-likeness (QED) is 0.297. The van der Waals surface area contributed by atoms with Crippen molar-refractivity contribution in [2.45, 2.75) is 0 Å². The third-order valence-corrected chi connectivity index (χ3v) is 1.54. The van der Waals surface area contributed by atoms with Crippen molar-refractivity contribution in [1.82, 2.24) is 0 Å². The van der Waals surface area contributed by atoms with Gasteiger partial charge in [-0.1, -0.05) is 11.2 Å². The summed E-state index contributed by atoms with van der Waals surface area (Å²) >= 11 is 0. The fourth-order valence-electron chi connectivity index (χ4n) is 0.861. The van der Waals surface area contributed by atoms with Crippen molar-refractivity contribution in [2.24, 2.45) is 10.9 Å². The molecule has 1 aromatic rings. The number of amidine groups is 1. The van der Waals surface area contributed by atoms with Crippen LogP contribution in [0.25, 0.3) is 0 Å². The van der Waals surface area contributed by atoms with Crippen LogP contribution < -0.4 is 11.1 Å². The third-order valence-electron chi connectivity index (χ3n) is 1.54. The van der Waals surface area contributed by atoms with Crippen LogP contribution in [0.5, 0.6) is 0 Å². The van der Waals surface area contributed by atoms with Gasteiger partial charge < -0.3 is 16.3 Å². The van der Waals surface area contributed by atoms with Gasteiger partial charge in [0.15, 0.2) is 17.5 Å². The molecule has 1 aromatic carbocycles. The molecule has 0 fully saturated rings. The summed E-state index contributed by atoms with van der Waals surface area (Å²) in [6, 6.07) is 3.71. The highest BCUT2D eigenvalue weighted by atomic mass is 19.2. The monoisotopic (exact) mass is 201 g/mol. The van der Waals surface area contributed by atoms with Crippen LogP contribution in [0, 0.1) is 11.6 Å². The number of nitrogens with zero attached hydrogens (tertiary/aromatic N) is 1. The minimum Gasteiger partial charge on any atom is -0.409 e. The van der Waals surface area contributed by atoms with E-state index in [-0.39, 0.29) is 18.1 Å². The van der Waals surface area contributed by atoms with E-state index in [9.17, 15) is 8.78 Å². The van der Waals surface area contributed by atoms with E-state index >= 15 is 0 Å². The average molecular weight is 201 g/mol. The summed E-state index contributed by atoms with van der Waals surface area (Å²) in [4.78, 5) is 0. The Labute approximate surface area is 79.0 Å². The van der Waals surface area contributed by atoms with Crippen molar-refractivity contribution in [3.63, 3.8) is 0 Å². The van der Waals surface area contributed by atoms with Gasteiger partial charge in [0.25, 0.3) is 0 Å². The first-order chi connectivity index (χ1) is 6.65. The molecule has 0 aliphatic rings. The maximum absolute atomic E-state index is 13.0. The number of halogens is 2. The van der Waals surface area contributed by atoms with Crippen LogP contribution in [0.15, 0.2) is 23.4 Å². The molecule has 0 aliphatic carbocycles. The van der Waals surface area contributed by atoms with Crippen molar-refractivity contribution < 1.29 is 14.0 Å². The van der Waals surface area contributed by atoms with Crippen molar-refractivity contribution in [3.8, 4) is 0 Å². The van der Waals surface area contributed by atoms with Crippen LogP contribution in [-0.2, 0) is 0 Å². The molecular weight excluding hydrogens is 192 g/mol. The van der Waals surface area contributed by atoms with Gasteiger partial charge in [0.1, 0.15) is 0 Å². The average Bonchev–Trinajstić information content (AvgIpc) is 2.20. The zero-order valence-electron chi connectivity index (χ0n) is 7.17. The highest BCUT2D eigenvalue weighted by Crippen LogP contribution is 2.15. The molecule has 0 saturated carbocycles. The molecular formula is C8H9F2N3O. The Morgan fingerprint density at radius 1 is 1.50 bits per heavy atom. The van der Waals surface area contributed by atoms with Gasteiger partial charge in [-0.15, -0.1) is 0 Å². The fraction of sp³-hybridized carbons (Fsp3) is 0.125. The molecule has 0 bridgehead atoms. The number of benzene rings is 1. The van der Waals surface area contributed by atoms with E-state index in [0.29, 0.717) is 0 Å². The van der Waals surface area contributed by atoms with E-state index in [4.69, 9.17) is 10.9 Å². The van der Waals surface area contributed by atoms with Crippen LogP contribution in [0.3, 0.4) is 0 Å². The topological polar surface area (TPSA) is 70.6 Å². The predicted molar refractivity (Wildman–Crippen MR) is 48.3 cm³/mol. The Morgan fingerprint density at radius 2 is 2.21 bits per heavy atom. The van der Waals surface area contributed by atoms with E-state index in [0.717, 1.165) is 6.07 Å². The van der Waals surface area contributed by atoms with Crippen LogP contribution >= 0.6 is 0 Å². The molecule has 0 spiro atoms. The van der Waals surface area contributed by atoms with Gasteiger partial charge in [0.2, 0.25) is 0 Å². The first kappa shape index (κ1) is 10.2. The molecule has 76 valence electrons. The number of oxime groups is 1. The van der Waals surface area contributed by atoms with E-state index in [1.807, 2.05) is 0 Å². The predicted octanol–water partition coefficient (Wildman–Crippen LogP) is 1.12. The van der Waals surface area contributed by atoms with Crippen molar-refractivity contribution in [1.29, 1.82) is 0 Å². The lowest BCUT2D eigenvalue weighted by Gasteiger charge is -2.06. The Morgan fingerprint density at radius 3 is 2.86 bits per heavy atom. The van der Waals surface area contributed by atoms with Gasteiger partial charge in [0.05, 0.1) is 12.2 Å². The lowest BCUT2D eigenvalue weighted by molar-refractivity contribution is 0.317. The standard InChI is InChI=1S/C8H9F2N3O/c9-5-2-1-3-6(8(5)10)12-4-7(11)13-14/h1-3,12,14H,4H2,(H2,11,13). The number of hydrogen-bond acceptors (Lipinski definition) is 3. The summed E-state index contributed by atoms with van der Waals surface area (Å²) in [6.45, 7) is -0.0587. The maximum Gasteiger partial charge on any atom is 0.181 e. The van der Waals surface area contributed by atoms with Gasteiger partial charge in [-0.05, 0) is 12.1 Å². The molecule has 14 heavy (non-hydrogen) atoms. The maximum atomic E-state index is 13.0. The SMILES string of the molecule is NC(CNc1cccc(F)c1F)=NO. The number of hydrogen-bond donors (Lipinski definition) is 3. The number of nitrogens with two attached hydrogens (primary N) is 1. The number of anilines is 1. The molecule has 6 heteroatoms. The molecule has 4 nitrogen and oxygen atoms in total. The molecule has 1 rings (SSSR count). The second-order valence-corrected chi connectivity index (χ2v) is 2.55. The summed E-state index contributed by atoms with van der Waals surface area (Å²) in [5.74, 6) is -2.05. The van der Waals surface area contributed by atoms with E-state index in [2.05, 4.69) is 10.5 Å². The summed E-state index contributed by atoms with van der Waals surface area (Å²) in [5, 5.41) is 13.3. The molecule has 0 atom stereocenters. The van der Waals surface area contributed by atoms with Crippen LogP contribution in [0.1, 0.15) is 0 Å². The van der Waals surface area contributed by atoms with Gasteiger partial charge in [0, 0.05) is 0 Å². The first-order valence-corrected chi connectivity index (χ1v) is 3.79. The van der Waals surface area contributed by atoms with E-state index in [1.54, 1.807) is 0 Å². The second kappa shape index (κ2) is 4.40. The zero-order valence-corrected chi connectivity index (χ0v) is 7.17. The van der Waals surface area contributed by atoms with Gasteiger partial charge in [-0.25, -0.2) is 8.78 Å². The molecule has 0 radical (unpaired) electrons. The van der Waals surface area contributed by atoms with Crippen LogP contribution in [0.2, 0.25) is 0 Å². The highest BCUT2D eigenvalue weighted by Gasteiger charge is 2.06. The van der Waals surface area contributed by atoms with Crippen molar-refractivity contribution in [3.05, 3.63) is 29.8 Å². The minimum absolute atomic E-state index is 0.0309. The summed E-state index contributed by atoms with van der Waals surface area (Å²) in [6.07, 6.45) is 0.